The van der Waals surface area contributed by atoms with Gasteiger partial charge >= 0.3 is 0 Å². The highest BCUT2D eigenvalue weighted by Crippen LogP contribution is 2.61. The first kappa shape index (κ1) is 36.1. The summed E-state index contributed by atoms with van der Waals surface area (Å²) in [5.74, 6) is 4.50. The Balaban J connectivity index is 1.07. The third-order valence-electron chi connectivity index (χ3n) is 13.6. The van der Waals surface area contributed by atoms with E-state index in [0.29, 0.717) is 28.5 Å². The summed E-state index contributed by atoms with van der Waals surface area (Å²) >= 11 is 0. The average Bonchev–Trinajstić information content (AvgIpc) is 3.31. The number of nitrogens with zero attached hydrogens (tertiary/aromatic N) is 4. The molecule has 4 heteroatoms. The van der Waals surface area contributed by atoms with Crippen molar-refractivity contribution in [2.24, 2.45) is 17.8 Å². The number of benzene rings is 7. The summed E-state index contributed by atoms with van der Waals surface area (Å²) in [6, 6.07) is 63.9. The van der Waals surface area contributed by atoms with Crippen LogP contribution >= 0.6 is 0 Å². The molecule has 8 aromatic rings. The standard InChI is InChI=1S/C56H44N4/c57-36-37-12-11-17-44(31-37)52-32-45(24-27-49(52)43-22-25-46(26-23-43)56-33-38-28-39(34-56)30-40(29-38)35-56)53-58-54(50-20-9-7-18-47(50)41-13-3-1-4-14-41)60-55(59-53)51-21-10-8-19-48(51)42-15-5-2-6-16-42/h1-27,31-32,38-40H,28-30,33-35H2/t38-,39+,40-,56?. The smallest absolute Gasteiger partial charge is 0.164 e. The van der Waals surface area contributed by atoms with Crippen LogP contribution in [0.5, 0.6) is 0 Å². The molecule has 0 radical (unpaired) electrons. The quantitative estimate of drug-likeness (QED) is 0.154. The van der Waals surface area contributed by atoms with Crippen LogP contribution in [0.4, 0.5) is 0 Å². The second kappa shape index (κ2) is 15.0. The zero-order valence-corrected chi connectivity index (χ0v) is 33.5. The van der Waals surface area contributed by atoms with Gasteiger partial charge in [-0.25, -0.2) is 15.0 Å². The van der Waals surface area contributed by atoms with E-state index >= 15 is 0 Å². The normalized spacial score (nSPS) is 20.1. The third-order valence-corrected chi connectivity index (χ3v) is 13.6. The molecule has 0 atom stereocenters. The van der Waals surface area contributed by atoms with Crippen molar-refractivity contribution in [2.45, 2.75) is 43.9 Å². The summed E-state index contributed by atoms with van der Waals surface area (Å²) in [7, 11) is 0. The molecule has 7 aromatic carbocycles. The van der Waals surface area contributed by atoms with E-state index in [4.69, 9.17) is 15.0 Å². The highest BCUT2D eigenvalue weighted by atomic mass is 15.0. The first-order valence-electron chi connectivity index (χ1n) is 21.4. The lowest BCUT2D eigenvalue weighted by molar-refractivity contribution is -0.00518. The second-order valence-corrected chi connectivity index (χ2v) is 17.4. The highest BCUT2D eigenvalue weighted by Gasteiger charge is 2.51. The Labute approximate surface area is 352 Å². The summed E-state index contributed by atoms with van der Waals surface area (Å²) in [5.41, 5.74) is 13.8. The molecule has 60 heavy (non-hydrogen) atoms. The number of hydrogen-bond acceptors (Lipinski definition) is 4. The van der Waals surface area contributed by atoms with Gasteiger partial charge in [-0.15, -0.1) is 0 Å². The maximum atomic E-state index is 9.98. The highest BCUT2D eigenvalue weighted by molar-refractivity contribution is 5.88. The Hall–Kier alpha value is -6.96. The molecule has 0 saturated heterocycles. The van der Waals surface area contributed by atoms with Crippen molar-refractivity contribution in [3.05, 3.63) is 187 Å². The summed E-state index contributed by atoms with van der Waals surface area (Å²) in [6.07, 6.45) is 8.37. The Morgan fingerprint density at radius 1 is 0.383 bits per heavy atom. The van der Waals surface area contributed by atoms with E-state index in [-0.39, 0.29) is 0 Å². The van der Waals surface area contributed by atoms with Crippen molar-refractivity contribution in [1.82, 2.24) is 15.0 Å². The molecular weight excluding hydrogens is 729 g/mol. The van der Waals surface area contributed by atoms with Crippen LogP contribution in [-0.4, -0.2) is 15.0 Å². The number of aromatic nitrogens is 3. The van der Waals surface area contributed by atoms with Crippen molar-refractivity contribution in [1.29, 1.82) is 5.26 Å². The van der Waals surface area contributed by atoms with Gasteiger partial charge in [-0.3, -0.25) is 0 Å². The Morgan fingerprint density at radius 2 is 0.833 bits per heavy atom. The molecule has 4 bridgehead atoms. The van der Waals surface area contributed by atoms with Gasteiger partial charge < -0.3 is 0 Å². The van der Waals surface area contributed by atoms with Crippen molar-refractivity contribution < 1.29 is 0 Å². The van der Waals surface area contributed by atoms with E-state index in [2.05, 4.69) is 140 Å². The van der Waals surface area contributed by atoms with Crippen molar-refractivity contribution in [2.75, 3.05) is 0 Å². The molecule has 4 aliphatic rings. The van der Waals surface area contributed by atoms with Gasteiger partial charge in [0.25, 0.3) is 0 Å². The van der Waals surface area contributed by atoms with Crippen molar-refractivity contribution in [3.63, 3.8) is 0 Å². The predicted octanol–water partition coefficient (Wildman–Crippen LogP) is 13.9. The van der Waals surface area contributed by atoms with Crippen molar-refractivity contribution >= 4 is 0 Å². The summed E-state index contributed by atoms with van der Waals surface area (Å²) in [5, 5.41) is 9.98. The van der Waals surface area contributed by atoms with Crippen LogP contribution in [-0.2, 0) is 5.41 Å². The molecule has 12 rings (SSSR count). The topological polar surface area (TPSA) is 62.5 Å². The Kier molecular flexibility index (Phi) is 9.04. The van der Waals surface area contributed by atoms with E-state index in [0.717, 1.165) is 79.0 Å². The number of hydrogen-bond donors (Lipinski definition) is 0. The first-order valence-corrected chi connectivity index (χ1v) is 21.4. The van der Waals surface area contributed by atoms with Crippen LogP contribution in [0.2, 0.25) is 0 Å². The minimum Gasteiger partial charge on any atom is -0.208 e. The van der Waals surface area contributed by atoms with Gasteiger partial charge in [0, 0.05) is 16.7 Å². The van der Waals surface area contributed by atoms with Crippen LogP contribution in [0, 0.1) is 29.1 Å². The monoisotopic (exact) mass is 772 g/mol. The number of rotatable bonds is 8. The lowest BCUT2D eigenvalue weighted by Crippen LogP contribution is -2.48. The fourth-order valence-electron chi connectivity index (χ4n) is 11.2. The molecule has 288 valence electrons. The van der Waals surface area contributed by atoms with Gasteiger partial charge in [0.15, 0.2) is 17.5 Å². The average molecular weight is 773 g/mol. The Bertz CT molecular complexity index is 2770. The lowest BCUT2D eigenvalue weighted by atomic mass is 9.48. The van der Waals surface area contributed by atoms with Crippen LogP contribution in [0.25, 0.3) is 78.7 Å². The van der Waals surface area contributed by atoms with Gasteiger partial charge in [0.1, 0.15) is 0 Å². The summed E-state index contributed by atoms with van der Waals surface area (Å²) in [4.78, 5) is 15.8. The van der Waals surface area contributed by atoms with E-state index in [1.165, 1.54) is 44.1 Å². The molecule has 1 heterocycles. The fourth-order valence-corrected chi connectivity index (χ4v) is 11.2. The maximum absolute atomic E-state index is 9.98. The van der Waals surface area contributed by atoms with Gasteiger partial charge in [-0.1, -0.05) is 158 Å². The van der Waals surface area contributed by atoms with Crippen LogP contribution in [0.1, 0.15) is 49.7 Å². The van der Waals surface area contributed by atoms with E-state index < -0.39 is 0 Å². The minimum absolute atomic E-state index is 0.341. The summed E-state index contributed by atoms with van der Waals surface area (Å²) < 4.78 is 0. The molecule has 0 spiro atoms. The third kappa shape index (κ3) is 6.61. The van der Waals surface area contributed by atoms with Crippen molar-refractivity contribution in [3.8, 4) is 84.7 Å². The molecule has 4 fully saturated rings. The zero-order valence-electron chi connectivity index (χ0n) is 33.5. The molecule has 4 aliphatic carbocycles. The van der Waals surface area contributed by atoms with Gasteiger partial charge in [0.2, 0.25) is 0 Å². The molecule has 0 N–H and O–H groups in total. The molecular formula is C56H44N4. The molecule has 0 unspecified atom stereocenters. The van der Waals surface area contributed by atoms with Gasteiger partial charge in [0.05, 0.1) is 11.6 Å². The Morgan fingerprint density at radius 3 is 1.38 bits per heavy atom. The maximum Gasteiger partial charge on any atom is 0.164 e. The zero-order chi connectivity index (χ0) is 40.0. The van der Waals surface area contributed by atoms with E-state index in [1.54, 1.807) is 0 Å². The minimum atomic E-state index is 0.341. The predicted molar refractivity (Wildman–Crippen MR) is 242 cm³/mol. The molecule has 0 amide bonds. The van der Waals surface area contributed by atoms with E-state index in [9.17, 15) is 5.26 Å². The fraction of sp³-hybridized carbons (Fsp3) is 0.179. The van der Waals surface area contributed by atoms with Crippen LogP contribution in [0.15, 0.2) is 176 Å². The first-order chi connectivity index (χ1) is 29.6. The van der Waals surface area contributed by atoms with Crippen LogP contribution in [0.3, 0.4) is 0 Å². The molecule has 0 aliphatic heterocycles. The molecule has 4 saturated carbocycles. The number of nitriles is 1. The second-order valence-electron chi connectivity index (χ2n) is 17.4. The lowest BCUT2D eigenvalue weighted by Gasteiger charge is -2.57. The van der Waals surface area contributed by atoms with E-state index in [1.807, 2.05) is 42.5 Å². The largest absolute Gasteiger partial charge is 0.208 e. The summed E-state index contributed by atoms with van der Waals surface area (Å²) in [6.45, 7) is 0. The molecule has 1 aromatic heterocycles. The molecule has 4 nitrogen and oxygen atoms in total. The SMILES string of the molecule is N#Cc1cccc(-c2cc(-c3nc(-c4ccccc4-c4ccccc4)nc(-c4ccccc4-c4ccccc4)n3)ccc2-c2ccc(C34C[C@H]5C[C@@H](C3)C[C@@H](C4)C5)cc2)c1. The van der Waals surface area contributed by atoms with Gasteiger partial charge in [-0.2, -0.15) is 5.26 Å². The van der Waals surface area contributed by atoms with Crippen LogP contribution < -0.4 is 0 Å². The van der Waals surface area contributed by atoms with Gasteiger partial charge in [-0.05, 0) is 130 Å².